The van der Waals surface area contributed by atoms with Crippen molar-refractivity contribution in [3.05, 3.63) is 34.9 Å². The van der Waals surface area contributed by atoms with Crippen molar-refractivity contribution in [2.75, 3.05) is 25.4 Å². The number of Topliss-reactive ketones (excluding diaryl/α,β-unsaturated/α-hetero) is 1. The van der Waals surface area contributed by atoms with Crippen LogP contribution in [0.5, 0.6) is 0 Å². The van der Waals surface area contributed by atoms with E-state index >= 15 is 0 Å². The molecule has 2 nitrogen and oxygen atoms in total. The van der Waals surface area contributed by atoms with E-state index in [0.29, 0.717) is 22.4 Å². The molecule has 0 spiro atoms. The average molecular weight is 270 g/mol. The topological polar surface area (TPSA) is 20.3 Å². The molecule has 2 rings (SSSR count). The van der Waals surface area contributed by atoms with E-state index in [1.54, 1.807) is 12.1 Å². The highest BCUT2D eigenvalue weighted by atomic mass is 35.5. The van der Waals surface area contributed by atoms with E-state index in [2.05, 4.69) is 11.8 Å². The molecule has 1 atom stereocenters. The fourth-order valence-electron chi connectivity index (χ4n) is 2.01. The number of hydrogen-bond acceptors (Lipinski definition) is 3. The summed E-state index contributed by atoms with van der Waals surface area (Å²) < 4.78 is 0. The Bertz CT molecular complexity index is 410. The summed E-state index contributed by atoms with van der Waals surface area (Å²) in [6.45, 7) is 4.66. The van der Waals surface area contributed by atoms with Gasteiger partial charge in [-0.2, -0.15) is 11.8 Å². The van der Waals surface area contributed by atoms with Crippen molar-refractivity contribution >= 4 is 29.1 Å². The molecule has 0 saturated carbocycles. The molecular formula is C13H16ClNOS. The van der Waals surface area contributed by atoms with Crippen molar-refractivity contribution in [1.29, 1.82) is 0 Å². The molecule has 0 radical (unpaired) electrons. The van der Waals surface area contributed by atoms with E-state index in [9.17, 15) is 4.79 Å². The Hall–Kier alpha value is -0.510. The van der Waals surface area contributed by atoms with Gasteiger partial charge in [0.05, 0.1) is 11.6 Å². The minimum absolute atomic E-state index is 0.120. The second-order valence-corrected chi connectivity index (χ2v) is 6.27. The second kappa shape index (κ2) is 5.89. The van der Waals surface area contributed by atoms with Crippen LogP contribution in [0.15, 0.2) is 24.3 Å². The molecular weight excluding hydrogens is 254 g/mol. The van der Waals surface area contributed by atoms with Gasteiger partial charge in [-0.05, 0) is 12.1 Å². The van der Waals surface area contributed by atoms with E-state index < -0.39 is 0 Å². The van der Waals surface area contributed by atoms with Gasteiger partial charge in [-0.25, -0.2) is 0 Å². The molecule has 1 fully saturated rings. The maximum absolute atomic E-state index is 12.1. The van der Waals surface area contributed by atoms with Crippen LogP contribution < -0.4 is 0 Å². The number of benzene rings is 1. The van der Waals surface area contributed by atoms with E-state index in [1.807, 2.05) is 23.9 Å². The van der Waals surface area contributed by atoms with Gasteiger partial charge in [0.2, 0.25) is 0 Å². The maximum atomic E-state index is 12.1. The molecule has 0 aromatic heterocycles. The van der Waals surface area contributed by atoms with Crippen molar-refractivity contribution in [1.82, 2.24) is 4.90 Å². The third-order valence-electron chi connectivity index (χ3n) is 2.87. The average Bonchev–Trinajstić information content (AvgIpc) is 2.29. The van der Waals surface area contributed by atoms with Gasteiger partial charge in [-0.15, -0.1) is 0 Å². The van der Waals surface area contributed by atoms with Crippen molar-refractivity contribution in [2.45, 2.75) is 12.2 Å². The highest BCUT2D eigenvalue weighted by Crippen LogP contribution is 2.20. The third kappa shape index (κ3) is 3.47. The molecule has 4 heteroatoms. The monoisotopic (exact) mass is 269 g/mol. The van der Waals surface area contributed by atoms with Crippen LogP contribution in [0.4, 0.5) is 0 Å². The first-order valence-electron chi connectivity index (χ1n) is 5.78. The molecule has 1 unspecified atom stereocenters. The van der Waals surface area contributed by atoms with Gasteiger partial charge < -0.3 is 0 Å². The maximum Gasteiger partial charge on any atom is 0.178 e. The zero-order valence-electron chi connectivity index (χ0n) is 9.86. The lowest BCUT2D eigenvalue weighted by Gasteiger charge is -2.29. The van der Waals surface area contributed by atoms with Crippen LogP contribution in [0.3, 0.4) is 0 Å². The number of hydrogen-bond donors (Lipinski definition) is 0. The second-order valence-electron chi connectivity index (χ2n) is 4.32. The predicted octanol–water partition coefficient (Wildman–Crippen LogP) is 2.96. The molecule has 1 aliphatic rings. The summed E-state index contributed by atoms with van der Waals surface area (Å²) >= 11 is 7.99. The van der Waals surface area contributed by atoms with Crippen LogP contribution >= 0.6 is 23.4 Å². The fraction of sp³-hybridized carbons (Fsp3) is 0.462. The summed E-state index contributed by atoms with van der Waals surface area (Å²) in [5.74, 6) is 1.23. The SMILES string of the molecule is CC1CN(CC(=O)c2ccccc2Cl)CCS1. The van der Waals surface area contributed by atoms with Crippen LogP contribution in [0, 0.1) is 0 Å². The lowest BCUT2D eigenvalue weighted by Crippen LogP contribution is -2.39. The van der Waals surface area contributed by atoms with E-state index in [1.165, 1.54) is 0 Å². The van der Waals surface area contributed by atoms with Crippen molar-refractivity contribution in [3.8, 4) is 0 Å². The number of carbonyl (C=O) groups is 1. The lowest BCUT2D eigenvalue weighted by molar-refractivity contribution is 0.0934. The molecule has 1 saturated heterocycles. The largest absolute Gasteiger partial charge is 0.294 e. The number of ketones is 1. The molecule has 0 N–H and O–H groups in total. The molecule has 0 bridgehead atoms. The van der Waals surface area contributed by atoms with Crippen molar-refractivity contribution < 1.29 is 4.79 Å². The number of halogens is 1. The summed E-state index contributed by atoms with van der Waals surface area (Å²) in [5, 5.41) is 1.17. The Kier molecular flexibility index (Phi) is 4.48. The Morgan fingerprint density at radius 2 is 2.29 bits per heavy atom. The first-order chi connectivity index (χ1) is 8.16. The minimum Gasteiger partial charge on any atom is -0.294 e. The molecule has 1 aromatic rings. The summed E-state index contributed by atoms with van der Waals surface area (Å²) in [5.41, 5.74) is 0.639. The number of carbonyl (C=O) groups excluding carboxylic acids is 1. The van der Waals surface area contributed by atoms with Gasteiger partial charge in [0.25, 0.3) is 0 Å². The molecule has 0 amide bonds. The Morgan fingerprint density at radius 1 is 1.53 bits per heavy atom. The minimum atomic E-state index is 0.120. The van der Waals surface area contributed by atoms with Crippen molar-refractivity contribution in [2.24, 2.45) is 0 Å². The summed E-state index contributed by atoms with van der Waals surface area (Å²) in [6, 6.07) is 7.27. The molecule has 1 aliphatic heterocycles. The van der Waals surface area contributed by atoms with Gasteiger partial charge in [0, 0.05) is 29.7 Å². The standard InChI is InChI=1S/C13H16ClNOS/c1-10-8-15(6-7-17-10)9-13(16)11-4-2-3-5-12(11)14/h2-5,10H,6-9H2,1H3. The van der Waals surface area contributed by atoms with Crippen LogP contribution in [0.2, 0.25) is 5.02 Å². The molecule has 0 aliphatic carbocycles. The molecule has 1 heterocycles. The number of rotatable bonds is 3. The summed E-state index contributed by atoms with van der Waals surface area (Å²) in [6.07, 6.45) is 0. The van der Waals surface area contributed by atoms with Gasteiger partial charge in [-0.1, -0.05) is 30.7 Å². The van der Waals surface area contributed by atoms with Gasteiger partial charge in [0.1, 0.15) is 0 Å². The Labute approximate surface area is 111 Å². The highest BCUT2D eigenvalue weighted by Gasteiger charge is 2.20. The third-order valence-corrected chi connectivity index (χ3v) is 4.33. The van der Waals surface area contributed by atoms with Gasteiger partial charge in [0.15, 0.2) is 5.78 Å². The lowest BCUT2D eigenvalue weighted by atomic mass is 10.1. The van der Waals surface area contributed by atoms with Crippen molar-refractivity contribution in [3.63, 3.8) is 0 Å². The fourth-order valence-corrected chi connectivity index (χ4v) is 3.33. The van der Waals surface area contributed by atoms with Crippen LogP contribution in [-0.4, -0.2) is 41.3 Å². The normalized spacial score (nSPS) is 21.4. The van der Waals surface area contributed by atoms with Gasteiger partial charge in [-0.3, -0.25) is 9.69 Å². The molecule has 1 aromatic carbocycles. The first-order valence-corrected chi connectivity index (χ1v) is 7.21. The quantitative estimate of drug-likeness (QED) is 0.787. The summed E-state index contributed by atoms with van der Waals surface area (Å²) in [4.78, 5) is 14.3. The molecule has 17 heavy (non-hydrogen) atoms. The Morgan fingerprint density at radius 3 is 3.00 bits per heavy atom. The van der Waals surface area contributed by atoms with Gasteiger partial charge >= 0.3 is 0 Å². The smallest absolute Gasteiger partial charge is 0.178 e. The van der Waals surface area contributed by atoms with Crippen LogP contribution in [0.25, 0.3) is 0 Å². The molecule has 92 valence electrons. The predicted molar refractivity (Wildman–Crippen MR) is 74.1 cm³/mol. The van der Waals surface area contributed by atoms with Crippen LogP contribution in [-0.2, 0) is 0 Å². The van der Waals surface area contributed by atoms with E-state index in [-0.39, 0.29) is 5.78 Å². The number of nitrogens with zero attached hydrogens (tertiary/aromatic N) is 1. The number of thioether (sulfide) groups is 1. The van der Waals surface area contributed by atoms with Crippen LogP contribution in [0.1, 0.15) is 17.3 Å². The highest BCUT2D eigenvalue weighted by molar-refractivity contribution is 7.99. The van der Waals surface area contributed by atoms with E-state index in [4.69, 9.17) is 11.6 Å². The zero-order chi connectivity index (χ0) is 12.3. The summed E-state index contributed by atoms with van der Waals surface area (Å²) in [7, 11) is 0. The van der Waals surface area contributed by atoms with E-state index in [0.717, 1.165) is 18.8 Å². The zero-order valence-corrected chi connectivity index (χ0v) is 11.4. The first kappa shape index (κ1) is 12.9. The Balaban J connectivity index is 1.99.